The maximum atomic E-state index is 12.0. The lowest BCUT2D eigenvalue weighted by Gasteiger charge is -2.18. The summed E-state index contributed by atoms with van der Waals surface area (Å²) in [7, 11) is 0. The number of fused-ring (bicyclic) bond motifs is 1. The van der Waals surface area contributed by atoms with E-state index in [2.05, 4.69) is 26.2 Å². The molecule has 0 amide bonds. The Balaban J connectivity index is 1.47. The summed E-state index contributed by atoms with van der Waals surface area (Å²) < 4.78 is 12.6. The van der Waals surface area contributed by atoms with Crippen molar-refractivity contribution in [1.82, 2.24) is 10.3 Å². The van der Waals surface area contributed by atoms with Gasteiger partial charge in [0.05, 0.1) is 6.61 Å². The molecule has 0 aliphatic carbocycles. The molecule has 35 heavy (non-hydrogen) atoms. The van der Waals surface area contributed by atoms with Crippen LogP contribution in [0.4, 0.5) is 0 Å². The molecular formula is C27H26BrClN2O4. The fourth-order valence-corrected chi connectivity index (χ4v) is 4.42. The van der Waals surface area contributed by atoms with Gasteiger partial charge in [0.25, 0.3) is 0 Å². The van der Waals surface area contributed by atoms with Gasteiger partial charge in [0.1, 0.15) is 12.6 Å². The summed E-state index contributed by atoms with van der Waals surface area (Å²) in [5, 5.41) is 14.7. The zero-order chi connectivity index (χ0) is 24.8. The zero-order valence-corrected chi connectivity index (χ0v) is 21.5. The molecule has 3 aromatic carbocycles. The van der Waals surface area contributed by atoms with Crippen molar-refractivity contribution in [3.63, 3.8) is 0 Å². The molecule has 0 fully saturated rings. The minimum Gasteiger partial charge on any atom is -0.490 e. The Morgan fingerprint density at radius 3 is 2.57 bits per heavy atom. The van der Waals surface area contributed by atoms with Crippen molar-refractivity contribution in [3.8, 4) is 11.5 Å². The molecule has 6 nitrogen and oxygen atoms in total. The minimum absolute atomic E-state index is 0.345. The summed E-state index contributed by atoms with van der Waals surface area (Å²) in [6.45, 7) is 3.10. The van der Waals surface area contributed by atoms with E-state index in [1.54, 1.807) is 0 Å². The number of carboxylic acids is 1. The van der Waals surface area contributed by atoms with E-state index in [1.807, 2.05) is 73.8 Å². The van der Waals surface area contributed by atoms with E-state index >= 15 is 0 Å². The summed E-state index contributed by atoms with van der Waals surface area (Å²) >= 11 is 9.56. The minimum atomic E-state index is -0.903. The van der Waals surface area contributed by atoms with Gasteiger partial charge in [-0.25, -0.2) is 0 Å². The average molecular weight is 558 g/mol. The predicted molar refractivity (Wildman–Crippen MR) is 141 cm³/mol. The number of carbonyl (C=O) groups is 1. The molecule has 1 unspecified atom stereocenters. The number of rotatable bonds is 11. The Morgan fingerprint density at radius 1 is 1.09 bits per heavy atom. The van der Waals surface area contributed by atoms with Gasteiger partial charge in [-0.05, 0) is 53.9 Å². The number of nitrogens with one attached hydrogen (secondary N) is 2. The van der Waals surface area contributed by atoms with Gasteiger partial charge in [-0.2, -0.15) is 0 Å². The number of hydrogen-bond acceptors (Lipinski definition) is 4. The molecule has 0 saturated heterocycles. The summed E-state index contributed by atoms with van der Waals surface area (Å²) in [5.41, 5.74) is 3.81. The Hall–Kier alpha value is -3.00. The highest BCUT2D eigenvalue weighted by molar-refractivity contribution is 9.10. The van der Waals surface area contributed by atoms with Crippen LogP contribution < -0.4 is 14.8 Å². The number of halogens is 2. The van der Waals surface area contributed by atoms with Crippen molar-refractivity contribution in [3.05, 3.63) is 93.0 Å². The maximum Gasteiger partial charge on any atom is 0.321 e. The molecule has 4 rings (SSSR count). The third-order valence-electron chi connectivity index (χ3n) is 5.66. The number of carboxylic acid groups (broad SMARTS) is 1. The lowest BCUT2D eigenvalue weighted by atomic mass is 10.0. The summed E-state index contributed by atoms with van der Waals surface area (Å²) in [4.78, 5) is 15.2. The first-order valence-electron chi connectivity index (χ1n) is 11.3. The van der Waals surface area contributed by atoms with E-state index in [1.165, 1.54) is 0 Å². The second-order valence-electron chi connectivity index (χ2n) is 8.07. The van der Waals surface area contributed by atoms with Crippen LogP contribution in [0, 0.1) is 0 Å². The van der Waals surface area contributed by atoms with Gasteiger partial charge >= 0.3 is 5.97 Å². The molecule has 8 heteroatoms. The van der Waals surface area contributed by atoms with Crippen LogP contribution in [-0.4, -0.2) is 28.7 Å². The topological polar surface area (TPSA) is 83.6 Å². The lowest BCUT2D eigenvalue weighted by molar-refractivity contribution is -0.139. The number of aromatic amines is 1. The first-order valence-corrected chi connectivity index (χ1v) is 12.4. The van der Waals surface area contributed by atoms with Crippen molar-refractivity contribution in [2.24, 2.45) is 0 Å². The first-order chi connectivity index (χ1) is 16.9. The number of benzene rings is 3. The van der Waals surface area contributed by atoms with Crippen LogP contribution in [-0.2, 0) is 24.4 Å². The molecule has 0 radical (unpaired) electrons. The fraction of sp³-hybridized carbons (Fsp3) is 0.222. The van der Waals surface area contributed by atoms with Crippen LogP contribution in [0.2, 0.25) is 5.02 Å². The molecule has 0 bridgehead atoms. The van der Waals surface area contributed by atoms with Gasteiger partial charge in [0.2, 0.25) is 0 Å². The number of ether oxygens (including phenoxy) is 2. The van der Waals surface area contributed by atoms with E-state index in [0.717, 1.165) is 32.1 Å². The van der Waals surface area contributed by atoms with Crippen LogP contribution in [0.25, 0.3) is 10.9 Å². The summed E-state index contributed by atoms with van der Waals surface area (Å²) in [6, 6.07) is 18.3. The van der Waals surface area contributed by atoms with Crippen molar-refractivity contribution in [2.45, 2.75) is 32.5 Å². The summed E-state index contributed by atoms with van der Waals surface area (Å²) in [5.74, 6) is 0.301. The third-order valence-corrected chi connectivity index (χ3v) is 6.65. The van der Waals surface area contributed by atoms with E-state index < -0.39 is 12.0 Å². The van der Waals surface area contributed by atoms with Gasteiger partial charge in [-0.1, -0.05) is 57.9 Å². The van der Waals surface area contributed by atoms with Gasteiger partial charge in [0, 0.05) is 39.6 Å². The third kappa shape index (κ3) is 6.36. The molecule has 0 saturated carbocycles. The van der Waals surface area contributed by atoms with Crippen molar-refractivity contribution in [2.75, 3.05) is 6.61 Å². The van der Waals surface area contributed by atoms with Crippen molar-refractivity contribution in [1.29, 1.82) is 0 Å². The standard InChI is InChI=1S/C27H26BrClN2O4/c1-2-34-25-12-19(22(28)13-26(25)35-16-17-7-9-20(29)10-8-17)15-31-24(27(32)33)11-18-14-30-23-6-4-3-5-21(18)23/h3-10,12-14,24,30-31H,2,11,15-16H2,1H3,(H,32,33). The highest BCUT2D eigenvalue weighted by atomic mass is 79.9. The van der Waals surface area contributed by atoms with Crippen molar-refractivity contribution < 1.29 is 19.4 Å². The maximum absolute atomic E-state index is 12.0. The average Bonchev–Trinajstić information content (AvgIpc) is 3.26. The Bertz CT molecular complexity index is 1310. The molecule has 0 spiro atoms. The van der Waals surface area contributed by atoms with E-state index in [0.29, 0.717) is 42.7 Å². The Morgan fingerprint density at radius 2 is 1.83 bits per heavy atom. The Labute approximate surface area is 217 Å². The zero-order valence-electron chi connectivity index (χ0n) is 19.2. The van der Waals surface area contributed by atoms with Crippen molar-refractivity contribution >= 4 is 44.4 Å². The quantitative estimate of drug-likeness (QED) is 0.200. The molecule has 1 heterocycles. The molecule has 4 aromatic rings. The number of hydrogen-bond donors (Lipinski definition) is 3. The van der Waals surface area contributed by atoms with Gasteiger partial charge in [0.15, 0.2) is 11.5 Å². The lowest BCUT2D eigenvalue weighted by Crippen LogP contribution is -2.38. The number of H-pyrrole nitrogens is 1. The second kappa shape index (κ2) is 11.6. The van der Waals surface area contributed by atoms with Crippen LogP contribution >= 0.6 is 27.5 Å². The smallest absolute Gasteiger partial charge is 0.321 e. The molecule has 1 atom stereocenters. The van der Waals surface area contributed by atoms with E-state index in [4.69, 9.17) is 21.1 Å². The summed E-state index contributed by atoms with van der Waals surface area (Å²) in [6.07, 6.45) is 2.23. The Kier molecular flexibility index (Phi) is 8.33. The highest BCUT2D eigenvalue weighted by Crippen LogP contribution is 2.34. The molecule has 182 valence electrons. The van der Waals surface area contributed by atoms with Crippen LogP contribution in [0.15, 0.2) is 71.3 Å². The molecule has 0 aliphatic heterocycles. The largest absolute Gasteiger partial charge is 0.490 e. The SMILES string of the molecule is CCOc1cc(CNC(Cc2c[nH]c3ccccc23)C(=O)O)c(Br)cc1OCc1ccc(Cl)cc1. The van der Waals surface area contributed by atoms with E-state index in [9.17, 15) is 9.90 Å². The molecule has 1 aromatic heterocycles. The number of aliphatic carboxylic acids is 1. The molecule has 3 N–H and O–H groups in total. The van der Waals surface area contributed by atoms with Gasteiger partial charge in [-0.3, -0.25) is 10.1 Å². The van der Waals surface area contributed by atoms with Crippen LogP contribution in [0.5, 0.6) is 11.5 Å². The molecular weight excluding hydrogens is 532 g/mol. The predicted octanol–water partition coefficient (Wildman–Crippen LogP) is 6.35. The second-order valence-corrected chi connectivity index (χ2v) is 9.36. The first kappa shape index (κ1) is 25.1. The normalized spacial score (nSPS) is 12.0. The highest BCUT2D eigenvalue weighted by Gasteiger charge is 2.20. The van der Waals surface area contributed by atoms with Gasteiger partial charge in [-0.15, -0.1) is 0 Å². The van der Waals surface area contributed by atoms with E-state index in [-0.39, 0.29) is 0 Å². The van der Waals surface area contributed by atoms with Crippen LogP contribution in [0.1, 0.15) is 23.6 Å². The molecule has 0 aliphatic rings. The van der Waals surface area contributed by atoms with Crippen LogP contribution in [0.3, 0.4) is 0 Å². The number of para-hydroxylation sites is 1. The fourth-order valence-electron chi connectivity index (χ4n) is 3.84. The monoisotopic (exact) mass is 556 g/mol. The van der Waals surface area contributed by atoms with Gasteiger partial charge < -0.3 is 19.6 Å². The number of aromatic nitrogens is 1.